The van der Waals surface area contributed by atoms with Gasteiger partial charge in [-0.3, -0.25) is 4.98 Å². The highest BCUT2D eigenvalue weighted by molar-refractivity contribution is 7.98. The van der Waals surface area contributed by atoms with Crippen LogP contribution < -0.4 is 4.74 Å². The Morgan fingerprint density at radius 3 is 2.52 bits per heavy atom. The van der Waals surface area contributed by atoms with Crippen molar-refractivity contribution >= 4 is 35.0 Å². The molecule has 25 heavy (non-hydrogen) atoms. The topological polar surface area (TPSA) is 42.4 Å². The lowest BCUT2D eigenvalue weighted by Gasteiger charge is -2.21. The van der Waals surface area contributed by atoms with Crippen LogP contribution in [0.2, 0.25) is 10.0 Å². The molecular formula is C19H21Cl2NO2S. The number of aliphatic hydroxyl groups excluding tert-OH is 1. The van der Waals surface area contributed by atoms with Crippen molar-refractivity contribution in [2.45, 2.75) is 42.6 Å². The molecule has 1 unspecified atom stereocenters. The van der Waals surface area contributed by atoms with Gasteiger partial charge >= 0.3 is 0 Å². The van der Waals surface area contributed by atoms with Crippen LogP contribution in [0.25, 0.3) is 0 Å². The number of benzene rings is 1. The number of ether oxygens (including phenoxy) is 1. The number of thioether (sulfide) groups is 1. The minimum atomic E-state index is -0.315. The molecule has 0 amide bonds. The Hall–Kier alpha value is -0.940. The molecule has 3 rings (SSSR count). The Morgan fingerprint density at radius 2 is 1.92 bits per heavy atom. The van der Waals surface area contributed by atoms with Gasteiger partial charge in [-0.25, -0.2) is 0 Å². The Balaban J connectivity index is 1.97. The van der Waals surface area contributed by atoms with E-state index in [1.807, 2.05) is 24.5 Å². The molecule has 1 N–H and O–H groups in total. The molecule has 1 heterocycles. The van der Waals surface area contributed by atoms with Crippen molar-refractivity contribution in [1.29, 1.82) is 0 Å². The number of aromatic nitrogens is 1. The number of rotatable bonds is 6. The normalized spacial score (nSPS) is 16.2. The Morgan fingerprint density at radius 1 is 1.24 bits per heavy atom. The van der Waals surface area contributed by atoms with Crippen LogP contribution in [0, 0.1) is 0 Å². The van der Waals surface area contributed by atoms with Gasteiger partial charge in [0, 0.05) is 28.8 Å². The number of nitrogens with zero attached hydrogens (tertiary/aromatic N) is 1. The van der Waals surface area contributed by atoms with Crippen LogP contribution in [0.4, 0.5) is 0 Å². The Labute approximate surface area is 162 Å². The SMILES string of the molecule is CSc1ccc(C(CO)c2c(Cl)cncc2Cl)cc1OC1CCCC1. The summed E-state index contributed by atoms with van der Waals surface area (Å²) in [7, 11) is 0. The summed E-state index contributed by atoms with van der Waals surface area (Å²) in [4.78, 5) is 5.09. The lowest BCUT2D eigenvalue weighted by atomic mass is 9.92. The van der Waals surface area contributed by atoms with Gasteiger partial charge in [-0.1, -0.05) is 29.3 Å². The molecule has 1 fully saturated rings. The lowest BCUT2D eigenvalue weighted by Crippen LogP contribution is -2.13. The second-order valence-electron chi connectivity index (χ2n) is 6.19. The van der Waals surface area contributed by atoms with Gasteiger partial charge in [0.15, 0.2) is 0 Å². The molecule has 6 heteroatoms. The van der Waals surface area contributed by atoms with Gasteiger partial charge in [-0.15, -0.1) is 11.8 Å². The minimum Gasteiger partial charge on any atom is -0.489 e. The number of hydrogen-bond donors (Lipinski definition) is 1. The zero-order valence-corrected chi connectivity index (χ0v) is 16.4. The molecule has 134 valence electrons. The van der Waals surface area contributed by atoms with Gasteiger partial charge < -0.3 is 9.84 Å². The number of pyridine rings is 1. The summed E-state index contributed by atoms with van der Waals surface area (Å²) in [5.74, 6) is 0.557. The second-order valence-corrected chi connectivity index (χ2v) is 7.85. The maximum absolute atomic E-state index is 10.00. The van der Waals surface area contributed by atoms with E-state index in [0.29, 0.717) is 15.6 Å². The minimum absolute atomic E-state index is 0.0923. The number of halogens is 2. The third-order valence-corrected chi connectivity index (χ3v) is 5.99. The van der Waals surface area contributed by atoms with Crippen LogP contribution >= 0.6 is 35.0 Å². The molecule has 1 atom stereocenters. The average molecular weight is 398 g/mol. The van der Waals surface area contributed by atoms with Gasteiger partial charge in [-0.2, -0.15) is 0 Å². The zero-order valence-electron chi connectivity index (χ0n) is 14.0. The molecule has 3 nitrogen and oxygen atoms in total. The third kappa shape index (κ3) is 4.25. The van der Waals surface area contributed by atoms with E-state index in [9.17, 15) is 5.11 Å². The van der Waals surface area contributed by atoms with E-state index in [4.69, 9.17) is 27.9 Å². The summed E-state index contributed by atoms with van der Waals surface area (Å²) in [6.07, 6.45) is 10.1. The van der Waals surface area contributed by atoms with Gasteiger partial charge in [0.2, 0.25) is 0 Å². The second kappa shape index (κ2) is 8.63. The van der Waals surface area contributed by atoms with Gasteiger partial charge in [0.25, 0.3) is 0 Å². The molecule has 0 saturated heterocycles. The number of hydrogen-bond acceptors (Lipinski definition) is 4. The maximum Gasteiger partial charge on any atom is 0.133 e. The highest BCUT2D eigenvalue weighted by Crippen LogP contribution is 2.39. The van der Waals surface area contributed by atoms with Crippen LogP contribution in [0.5, 0.6) is 5.75 Å². The fourth-order valence-corrected chi connectivity index (χ4v) is 4.45. The highest BCUT2D eigenvalue weighted by atomic mass is 35.5. The summed E-state index contributed by atoms with van der Waals surface area (Å²) in [6.45, 7) is -0.0923. The molecule has 1 aromatic carbocycles. The summed E-state index contributed by atoms with van der Waals surface area (Å²) in [5.41, 5.74) is 1.63. The molecular weight excluding hydrogens is 377 g/mol. The predicted octanol–water partition coefficient (Wildman–Crippen LogP) is 5.56. The first-order valence-electron chi connectivity index (χ1n) is 8.38. The smallest absolute Gasteiger partial charge is 0.133 e. The molecule has 1 saturated carbocycles. The van der Waals surface area contributed by atoms with E-state index < -0.39 is 0 Å². The molecule has 0 aliphatic heterocycles. The molecule has 0 bridgehead atoms. The first kappa shape index (κ1) is 18.8. The molecule has 0 spiro atoms. The first-order valence-corrected chi connectivity index (χ1v) is 10.4. The summed E-state index contributed by atoms with van der Waals surface area (Å²) in [5, 5.41) is 10.9. The van der Waals surface area contributed by atoms with Crippen molar-refractivity contribution in [2.75, 3.05) is 12.9 Å². The molecule has 1 aromatic heterocycles. The fraction of sp³-hybridized carbons (Fsp3) is 0.421. The predicted molar refractivity (Wildman–Crippen MR) is 104 cm³/mol. The van der Waals surface area contributed by atoms with E-state index in [-0.39, 0.29) is 18.6 Å². The van der Waals surface area contributed by atoms with Crippen molar-refractivity contribution in [3.8, 4) is 5.75 Å². The fourth-order valence-electron chi connectivity index (χ4n) is 3.31. The van der Waals surface area contributed by atoms with Crippen LogP contribution in [-0.4, -0.2) is 29.1 Å². The van der Waals surface area contributed by atoms with Crippen molar-refractivity contribution in [3.63, 3.8) is 0 Å². The standard InChI is InChI=1S/C19H21Cl2NO2S/c1-25-18-7-6-12(8-17(18)24-13-4-2-3-5-13)14(11-23)19-15(20)9-22-10-16(19)21/h6-10,13-14,23H,2-5,11H2,1H3. The monoisotopic (exact) mass is 397 g/mol. The van der Waals surface area contributed by atoms with Crippen molar-refractivity contribution < 1.29 is 9.84 Å². The van der Waals surface area contributed by atoms with Gasteiger partial charge in [0.05, 0.1) is 22.8 Å². The molecule has 0 radical (unpaired) electrons. The van der Waals surface area contributed by atoms with E-state index in [2.05, 4.69) is 4.98 Å². The van der Waals surface area contributed by atoms with E-state index in [1.165, 1.54) is 12.8 Å². The van der Waals surface area contributed by atoms with Crippen LogP contribution in [-0.2, 0) is 0 Å². The van der Waals surface area contributed by atoms with Crippen LogP contribution in [0.15, 0.2) is 35.5 Å². The summed E-state index contributed by atoms with van der Waals surface area (Å²) in [6, 6.07) is 6.05. The Bertz CT molecular complexity index is 715. The molecule has 1 aliphatic rings. The summed E-state index contributed by atoms with van der Waals surface area (Å²) < 4.78 is 6.25. The Kier molecular flexibility index (Phi) is 6.50. The van der Waals surface area contributed by atoms with Crippen molar-refractivity contribution in [3.05, 3.63) is 51.8 Å². The maximum atomic E-state index is 10.00. The lowest BCUT2D eigenvalue weighted by molar-refractivity contribution is 0.204. The van der Waals surface area contributed by atoms with Crippen LogP contribution in [0.3, 0.4) is 0 Å². The van der Waals surface area contributed by atoms with E-state index >= 15 is 0 Å². The largest absolute Gasteiger partial charge is 0.489 e. The van der Waals surface area contributed by atoms with Crippen molar-refractivity contribution in [1.82, 2.24) is 4.98 Å². The quantitative estimate of drug-likeness (QED) is 0.648. The molecule has 2 aromatic rings. The average Bonchev–Trinajstić information content (AvgIpc) is 3.11. The number of aliphatic hydroxyl groups is 1. The highest BCUT2D eigenvalue weighted by Gasteiger charge is 2.23. The van der Waals surface area contributed by atoms with Gasteiger partial charge in [-0.05, 0) is 49.6 Å². The van der Waals surface area contributed by atoms with E-state index in [1.54, 1.807) is 24.2 Å². The summed E-state index contributed by atoms with van der Waals surface area (Å²) >= 11 is 14.2. The van der Waals surface area contributed by atoms with Crippen molar-refractivity contribution in [2.24, 2.45) is 0 Å². The third-order valence-electron chi connectivity index (χ3n) is 4.61. The first-order chi connectivity index (χ1) is 12.1. The zero-order chi connectivity index (χ0) is 17.8. The van der Waals surface area contributed by atoms with Crippen LogP contribution in [0.1, 0.15) is 42.7 Å². The molecule has 1 aliphatic carbocycles. The van der Waals surface area contributed by atoms with E-state index in [0.717, 1.165) is 29.1 Å². The van der Waals surface area contributed by atoms with Gasteiger partial charge in [0.1, 0.15) is 5.75 Å².